The van der Waals surface area contributed by atoms with E-state index in [1.807, 2.05) is 6.92 Å². The molecule has 1 aliphatic heterocycles. The minimum Gasteiger partial charge on any atom is -0.467 e. The zero-order chi connectivity index (χ0) is 19.3. The van der Waals surface area contributed by atoms with Crippen LogP contribution in [0, 0.1) is 5.82 Å². The second-order valence-corrected chi connectivity index (χ2v) is 7.21. The largest absolute Gasteiger partial charge is 0.467 e. The Balaban J connectivity index is 0.00000240. The Morgan fingerprint density at radius 3 is 2.86 bits per heavy atom. The molecule has 0 amide bonds. The number of aliphatic imine (C=N–C) groups is 1. The van der Waals surface area contributed by atoms with Crippen LogP contribution in [0.1, 0.15) is 35.6 Å². The van der Waals surface area contributed by atoms with Crippen LogP contribution in [0.15, 0.2) is 41.4 Å². The van der Waals surface area contributed by atoms with Crippen molar-refractivity contribution in [2.45, 2.75) is 45.4 Å². The van der Waals surface area contributed by atoms with E-state index >= 15 is 0 Å². The van der Waals surface area contributed by atoms with E-state index in [0.717, 1.165) is 42.9 Å². The Bertz CT molecular complexity index is 875. The normalized spacial score (nSPS) is 18.0. The van der Waals surface area contributed by atoms with Crippen molar-refractivity contribution in [1.29, 1.82) is 0 Å². The Morgan fingerprint density at radius 1 is 1.21 bits per heavy atom. The van der Waals surface area contributed by atoms with Gasteiger partial charge in [-0.2, -0.15) is 0 Å². The number of halogens is 2. The van der Waals surface area contributed by atoms with Crippen molar-refractivity contribution in [2.75, 3.05) is 13.3 Å². The van der Waals surface area contributed by atoms with Crippen molar-refractivity contribution in [3.8, 4) is 5.75 Å². The van der Waals surface area contributed by atoms with E-state index in [-0.39, 0.29) is 36.6 Å². The molecule has 0 aromatic heterocycles. The van der Waals surface area contributed by atoms with Gasteiger partial charge < -0.3 is 20.1 Å². The van der Waals surface area contributed by atoms with Gasteiger partial charge in [-0.3, -0.25) is 0 Å². The van der Waals surface area contributed by atoms with Crippen LogP contribution in [0.3, 0.4) is 0 Å². The second kappa shape index (κ2) is 10.2. The van der Waals surface area contributed by atoms with E-state index in [2.05, 4.69) is 39.9 Å². The molecule has 1 aliphatic carbocycles. The van der Waals surface area contributed by atoms with Gasteiger partial charge in [-0.15, -0.1) is 24.0 Å². The highest BCUT2D eigenvalue weighted by atomic mass is 127. The van der Waals surface area contributed by atoms with Gasteiger partial charge in [0.15, 0.2) is 12.8 Å². The lowest BCUT2D eigenvalue weighted by Gasteiger charge is -2.27. The molecule has 29 heavy (non-hydrogen) atoms. The van der Waals surface area contributed by atoms with Crippen LogP contribution in [0.5, 0.6) is 5.75 Å². The SMILES string of the molecule is CCNC(=NCc1cc(F)cc2c1OCOC2)NC1CCc2ccccc2C1.I. The molecule has 156 valence electrons. The van der Waals surface area contributed by atoms with Crippen LogP contribution in [0.2, 0.25) is 0 Å². The predicted molar refractivity (Wildman–Crippen MR) is 122 cm³/mol. The lowest BCUT2D eigenvalue weighted by atomic mass is 9.88. The minimum atomic E-state index is -0.292. The van der Waals surface area contributed by atoms with E-state index in [4.69, 9.17) is 9.47 Å². The summed E-state index contributed by atoms with van der Waals surface area (Å²) in [5, 5.41) is 6.84. The van der Waals surface area contributed by atoms with Crippen LogP contribution in [0.25, 0.3) is 0 Å². The Hall–Kier alpha value is -1.87. The Kier molecular flexibility index (Phi) is 7.71. The van der Waals surface area contributed by atoms with Gasteiger partial charge in [-0.05, 0) is 49.4 Å². The molecule has 0 saturated carbocycles. The van der Waals surface area contributed by atoms with Gasteiger partial charge in [0.2, 0.25) is 0 Å². The summed E-state index contributed by atoms with van der Waals surface area (Å²) in [6, 6.07) is 11.9. The number of benzene rings is 2. The smallest absolute Gasteiger partial charge is 0.191 e. The number of ether oxygens (including phenoxy) is 2. The molecule has 0 saturated heterocycles. The third-order valence-corrected chi connectivity index (χ3v) is 5.19. The lowest BCUT2D eigenvalue weighted by Crippen LogP contribution is -2.45. The highest BCUT2D eigenvalue weighted by Crippen LogP contribution is 2.30. The number of hydrogen-bond acceptors (Lipinski definition) is 3. The third kappa shape index (κ3) is 5.39. The average Bonchev–Trinajstić information content (AvgIpc) is 2.71. The molecule has 1 unspecified atom stereocenters. The molecule has 1 heterocycles. The average molecular weight is 511 g/mol. The van der Waals surface area contributed by atoms with Crippen molar-refractivity contribution in [1.82, 2.24) is 10.6 Å². The number of nitrogens with zero attached hydrogens (tertiary/aromatic N) is 1. The highest BCUT2D eigenvalue weighted by molar-refractivity contribution is 14.0. The molecule has 5 nitrogen and oxygen atoms in total. The van der Waals surface area contributed by atoms with Gasteiger partial charge in [-0.1, -0.05) is 24.3 Å². The lowest BCUT2D eigenvalue weighted by molar-refractivity contribution is -0.0172. The predicted octanol–water partition coefficient (Wildman–Crippen LogP) is 3.92. The quantitative estimate of drug-likeness (QED) is 0.371. The Morgan fingerprint density at radius 2 is 2.03 bits per heavy atom. The molecule has 0 radical (unpaired) electrons. The van der Waals surface area contributed by atoms with Gasteiger partial charge in [0.1, 0.15) is 11.6 Å². The first-order chi connectivity index (χ1) is 13.7. The van der Waals surface area contributed by atoms with Crippen LogP contribution < -0.4 is 15.4 Å². The third-order valence-electron chi connectivity index (χ3n) is 5.19. The first-order valence-corrected chi connectivity index (χ1v) is 9.86. The van der Waals surface area contributed by atoms with Crippen LogP contribution >= 0.6 is 24.0 Å². The summed E-state index contributed by atoms with van der Waals surface area (Å²) in [5.74, 6) is 1.15. The van der Waals surface area contributed by atoms with Crippen molar-refractivity contribution in [3.05, 3.63) is 64.5 Å². The summed E-state index contributed by atoms with van der Waals surface area (Å²) in [4.78, 5) is 4.69. The van der Waals surface area contributed by atoms with E-state index in [0.29, 0.717) is 24.9 Å². The van der Waals surface area contributed by atoms with Crippen LogP contribution in [0.4, 0.5) is 4.39 Å². The maximum Gasteiger partial charge on any atom is 0.191 e. The highest BCUT2D eigenvalue weighted by Gasteiger charge is 2.20. The fourth-order valence-corrected chi connectivity index (χ4v) is 3.87. The summed E-state index contributed by atoms with van der Waals surface area (Å²) in [6.07, 6.45) is 3.12. The molecule has 7 heteroatoms. The number of rotatable bonds is 4. The minimum absolute atomic E-state index is 0. The zero-order valence-corrected chi connectivity index (χ0v) is 18.9. The number of fused-ring (bicyclic) bond motifs is 2. The first-order valence-electron chi connectivity index (χ1n) is 9.86. The standard InChI is InChI=1S/C22H26FN3O2.HI/c1-2-24-22(26-20-8-7-15-5-3-4-6-16(15)11-20)25-12-17-9-19(23)10-18-13-27-14-28-21(17)18;/h3-6,9-10,20H,2,7-8,11-14H2,1H3,(H2,24,25,26);1H. The molecule has 0 bridgehead atoms. The molecule has 4 rings (SSSR count). The summed E-state index contributed by atoms with van der Waals surface area (Å²) >= 11 is 0. The molecule has 0 fully saturated rings. The fourth-order valence-electron chi connectivity index (χ4n) is 3.87. The van der Waals surface area contributed by atoms with E-state index in [1.54, 1.807) is 0 Å². The van der Waals surface area contributed by atoms with Gasteiger partial charge in [0, 0.05) is 23.7 Å². The van der Waals surface area contributed by atoms with Crippen molar-refractivity contribution in [2.24, 2.45) is 4.99 Å². The summed E-state index contributed by atoms with van der Waals surface area (Å²) in [5.41, 5.74) is 4.31. The van der Waals surface area contributed by atoms with Crippen LogP contribution in [-0.2, 0) is 30.7 Å². The molecule has 2 aromatic carbocycles. The first kappa shape index (κ1) is 21.8. The van der Waals surface area contributed by atoms with Gasteiger partial charge in [-0.25, -0.2) is 9.38 Å². The van der Waals surface area contributed by atoms with Crippen molar-refractivity contribution >= 4 is 29.9 Å². The Labute approximate surface area is 188 Å². The molecular weight excluding hydrogens is 484 g/mol. The molecule has 2 aromatic rings. The topological polar surface area (TPSA) is 54.9 Å². The molecule has 0 spiro atoms. The molecule has 1 atom stereocenters. The zero-order valence-electron chi connectivity index (χ0n) is 16.5. The van der Waals surface area contributed by atoms with Gasteiger partial charge in [0.25, 0.3) is 0 Å². The summed E-state index contributed by atoms with van der Waals surface area (Å²) < 4.78 is 24.8. The number of hydrogen-bond donors (Lipinski definition) is 2. The monoisotopic (exact) mass is 511 g/mol. The van der Waals surface area contributed by atoms with Crippen molar-refractivity contribution in [3.63, 3.8) is 0 Å². The van der Waals surface area contributed by atoms with E-state index in [1.165, 1.54) is 23.3 Å². The fraction of sp³-hybridized carbons (Fsp3) is 0.409. The number of guanidine groups is 1. The maximum atomic E-state index is 14.0. The van der Waals surface area contributed by atoms with E-state index in [9.17, 15) is 4.39 Å². The van der Waals surface area contributed by atoms with E-state index < -0.39 is 0 Å². The number of aryl methyl sites for hydroxylation is 1. The molecule has 2 N–H and O–H groups in total. The second-order valence-electron chi connectivity index (χ2n) is 7.21. The number of nitrogens with one attached hydrogen (secondary N) is 2. The van der Waals surface area contributed by atoms with Gasteiger partial charge in [0.05, 0.1) is 13.2 Å². The summed E-state index contributed by atoms with van der Waals surface area (Å²) in [7, 11) is 0. The van der Waals surface area contributed by atoms with Crippen molar-refractivity contribution < 1.29 is 13.9 Å². The maximum absolute atomic E-state index is 14.0. The summed E-state index contributed by atoms with van der Waals surface area (Å²) in [6.45, 7) is 3.70. The van der Waals surface area contributed by atoms with Crippen LogP contribution in [-0.4, -0.2) is 25.3 Å². The molecule has 2 aliphatic rings. The van der Waals surface area contributed by atoms with Gasteiger partial charge >= 0.3 is 0 Å². The molecular formula is C22H27FIN3O2.